The molecule has 2 heterocycles. The maximum Gasteiger partial charge on any atom is 0.313 e. The highest BCUT2D eigenvalue weighted by Gasteiger charge is 2.59. The number of halogens is 2. The summed E-state index contributed by atoms with van der Waals surface area (Å²) in [5.41, 5.74) is -1.13. The van der Waals surface area contributed by atoms with E-state index < -0.39 is 23.1 Å². The van der Waals surface area contributed by atoms with Gasteiger partial charge in [-0.05, 0) is 25.0 Å². The summed E-state index contributed by atoms with van der Waals surface area (Å²) in [7, 11) is 0. The number of aliphatic carboxylic acids is 1. The predicted molar refractivity (Wildman–Crippen MR) is 94.7 cm³/mol. The Morgan fingerprint density at radius 2 is 1.92 bits per heavy atom. The summed E-state index contributed by atoms with van der Waals surface area (Å²) in [6.07, 6.45) is 4.64. The summed E-state index contributed by atoms with van der Waals surface area (Å²) in [5.74, 6) is -2.18. The minimum atomic E-state index is -0.962. The van der Waals surface area contributed by atoms with E-state index in [-0.39, 0.29) is 23.0 Å². The Morgan fingerprint density at radius 1 is 1.19 bits per heavy atom. The number of fused-ring (bicyclic) bond motifs is 1. The van der Waals surface area contributed by atoms with Gasteiger partial charge in [0.05, 0.1) is 10.6 Å². The van der Waals surface area contributed by atoms with Crippen molar-refractivity contribution in [3.8, 4) is 0 Å². The number of carbonyl (C=O) groups is 2. The van der Waals surface area contributed by atoms with E-state index in [1.54, 1.807) is 0 Å². The van der Waals surface area contributed by atoms with Crippen molar-refractivity contribution in [1.82, 2.24) is 9.80 Å². The Morgan fingerprint density at radius 3 is 2.54 bits per heavy atom. The lowest BCUT2D eigenvalue weighted by atomic mass is 9.81. The molecule has 1 amide bonds. The molecule has 0 spiro atoms. The molecule has 1 N–H and O–H groups in total. The van der Waals surface area contributed by atoms with Gasteiger partial charge < -0.3 is 10.0 Å². The molecular weight excluding hydrogens is 359 g/mol. The molecule has 1 aromatic carbocycles. The van der Waals surface area contributed by atoms with Gasteiger partial charge in [-0.15, -0.1) is 0 Å². The minimum Gasteiger partial charge on any atom is -0.481 e. The van der Waals surface area contributed by atoms with E-state index in [2.05, 4.69) is 4.90 Å². The SMILES string of the molecule is O=C(c1c(F)cccc1Cl)N1CC2CN(C3CCCC3)CC2(C(=O)O)C1. The monoisotopic (exact) mass is 380 g/mol. The van der Waals surface area contributed by atoms with Crippen LogP contribution >= 0.6 is 11.6 Å². The molecule has 5 nitrogen and oxygen atoms in total. The fourth-order valence-electron chi connectivity index (χ4n) is 4.97. The minimum absolute atomic E-state index is 0.0593. The second-order valence-electron chi connectivity index (χ2n) is 7.81. The molecule has 3 fully saturated rings. The van der Waals surface area contributed by atoms with Gasteiger partial charge in [0.25, 0.3) is 5.91 Å². The summed E-state index contributed by atoms with van der Waals surface area (Å²) in [4.78, 5) is 28.7. The van der Waals surface area contributed by atoms with Crippen molar-refractivity contribution in [3.05, 3.63) is 34.6 Å². The van der Waals surface area contributed by atoms with E-state index in [1.807, 2.05) is 0 Å². The summed E-state index contributed by atoms with van der Waals surface area (Å²) in [6, 6.07) is 4.58. The molecule has 140 valence electrons. The average Bonchev–Trinajstić information content (AvgIpc) is 3.28. The second-order valence-corrected chi connectivity index (χ2v) is 8.22. The van der Waals surface area contributed by atoms with E-state index in [9.17, 15) is 19.1 Å². The Balaban J connectivity index is 1.57. The molecule has 26 heavy (non-hydrogen) atoms. The molecule has 1 saturated carbocycles. The zero-order valence-electron chi connectivity index (χ0n) is 14.5. The van der Waals surface area contributed by atoms with Gasteiger partial charge in [-0.1, -0.05) is 30.5 Å². The highest BCUT2D eigenvalue weighted by Crippen LogP contribution is 2.45. The smallest absolute Gasteiger partial charge is 0.313 e. The summed E-state index contributed by atoms with van der Waals surface area (Å²) in [5, 5.41) is 10.0. The lowest BCUT2D eigenvalue weighted by Gasteiger charge is -2.29. The average molecular weight is 381 g/mol. The van der Waals surface area contributed by atoms with Gasteiger partial charge in [0.1, 0.15) is 11.2 Å². The number of hydrogen-bond acceptors (Lipinski definition) is 3. The Labute approximate surface area is 156 Å². The van der Waals surface area contributed by atoms with E-state index in [0.717, 1.165) is 12.8 Å². The van der Waals surface area contributed by atoms with Crippen molar-refractivity contribution in [2.24, 2.45) is 11.3 Å². The van der Waals surface area contributed by atoms with Crippen LogP contribution in [-0.4, -0.2) is 59.0 Å². The van der Waals surface area contributed by atoms with Crippen LogP contribution in [0.5, 0.6) is 0 Å². The number of rotatable bonds is 3. The third kappa shape index (κ3) is 2.70. The number of likely N-dealkylation sites (tertiary alicyclic amines) is 2. The number of hydrogen-bond donors (Lipinski definition) is 1. The van der Waals surface area contributed by atoms with Crippen LogP contribution in [0.2, 0.25) is 5.02 Å². The first-order chi connectivity index (χ1) is 12.4. The zero-order valence-corrected chi connectivity index (χ0v) is 15.2. The topological polar surface area (TPSA) is 60.9 Å². The van der Waals surface area contributed by atoms with Crippen LogP contribution in [0.25, 0.3) is 0 Å². The highest BCUT2D eigenvalue weighted by atomic mass is 35.5. The standard InChI is InChI=1S/C19H22ClFN2O3/c20-14-6-3-7-15(21)16(14)17(24)23-9-12-8-22(13-4-1-2-5-13)10-19(12,11-23)18(25)26/h3,6-7,12-13H,1-2,4-5,8-11H2,(H,25,26). The van der Waals surface area contributed by atoms with Crippen molar-refractivity contribution in [2.75, 3.05) is 26.2 Å². The number of carboxylic acid groups (broad SMARTS) is 1. The van der Waals surface area contributed by atoms with Gasteiger partial charge >= 0.3 is 5.97 Å². The predicted octanol–water partition coefficient (Wildman–Crippen LogP) is 2.88. The molecule has 1 aliphatic carbocycles. The number of carboxylic acids is 1. The fraction of sp³-hybridized carbons (Fsp3) is 0.579. The first-order valence-corrected chi connectivity index (χ1v) is 9.51. The van der Waals surface area contributed by atoms with E-state index in [0.29, 0.717) is 25.7 Å². The number of amides is 1. The summed E-state index contributed by atoms with van der Waals surface area (Å²) < 4.78 is 14.1. The van der Waals surface area contributed by atoms with Gasteiger partial charge in [-0.3, -0.25) is 14.5 Å². The van der Waals surface area contributed by atoms with E-state index in [4.69, 9.17) is 11.6 Å². The molecule has 0 bridgehead atoms. The molecule has 0 radical (unpaired) electrons. The lowest BCUT2D eigenvalue weighted by Crippen LogP contribution is -2.43. The lowest BCUT2D eigenvalue weighted by molar-refractivity contribution is -0.148. The van der Waals surface area contributed by atoms with Crippen molar-refractivity contribution < 1.29 is 19.1 Å². The van der Waals surface area contributed by atoms with Crippen molar-refractivity contribution in [2.45, 2.75) is 31.7 Å². The largest absolute Gasteiger partial charge is 0.481 e. The molecule has 2 atom stereocenters. The molecule has 3 aliphatic rings. The number of benzene rings is 1. The second kappa shape index (κ2) is 6.50. The third-order valence-corrected chi connectivity index (χ3v) is 6.68. The highest BCUT2D eigenvalue weighted by molar-refractivity contribution is 6.33. The van der Waals surface area contributed by atoms with Crippen LogP contribution in [0.15, 0.2) is 18.2 Å². The third-order valence-electron chi connectivity index (χ3n) is 6.37. The molecular formula is C19H22ClFN2O3. The molecule has 0 aromatic heterocycles. The van der Waals surface area contributed by atoms with Crippen LogP contribution in [-0.2, 0) is 4.79 Å². The van der Waals surface area contributed by atoms with Gasteiger partial charge in [0.2, 0.25) is 0 Å². The molecule has 4 rings (SSSR count). The first-order valence-electron chi connectivity index (χ1n) is 9.13. The summed E-state index contributed by atoms with van der Waals surface area (Å²) in [6.45, 7) is 1.59. The van der Waals surface area contributed by atoms with Crippen LogP contribution in [0, 0.1) is 17.2 Å². The van der Waals surface area contributed by atoms with Crippen LogP contribution in [0.3, 0.4) is 0 Å². The van der Waals surface area contributed by atoms with Crippen LogP contribution in [0.1, 0.15) is 36.0 Å². The quantitative estimate of drug-likeness (QED) is 0.875. The van der Waals surface area contributed by atoms with Crippen LogP contribution in [0.4, 0.5) is 4.39 Å². The Kier molecular flexibility index (Phi) is 4.43. The molecule has 1 aromatic rings. The normalized spacial score (nSPS) is 29.3. The van der Waals surface area contributed by atoms with Gasteiger partial charge in [-0.2, -0.15) is 0 Å². The van der Waals surface area contributed by atoms with E-state index >= 15 is 0 Å². The fourth-order valence-corrected chi connectivity index (χ4v) is 5.21. The van der Waals surface area contributed by atoms with Gasteiger partial charge in [0, 0.05) is 38.1 Å². The summed E-state index contributed by atoms with van der Waals surface area (Å²) >= 11 is 6.02. The van der Waals surface area contributed by atoms with Gasteiger partial charge in [0.15, 0.2) is 0 Å². The van der Waals surface area contributed by atoms with Gasteiger partial charge in [-0.25, -0.2) is 4.39 Å². The number of nitrogens with zero attached hydrogens (tertiary/aromatic N) is 2. The molecule has 2 saturated heterocycles. The van der Waals surface area contributed by atoms with Crippen LogP contribution < -0.4 is 0 Å². The Hall–Kier alpha value is -1.66. The Bertz CT molecular complexity index is 732. The van der Waals surface area contributed by atoms with E-state index in [1.165, 1.54) is 35.9 Å². The van der Waals surface area contributed by atoms with Crippen molar-refractivity contribution in [1.29, 1.82) is 0 Å². The maximum atomic E-state index is 14.1. The molecule has 2 unspecified atom stereocenters. The maximum absolute atomic E-state index is 14.1. The number of carbonyl (C=O) groups excluding carboxylic acids is 1. The first kappa shape index (κ1) is 17.7. The van der Waals surface area contributed by atoms with Crippen molar-refractivity contribution >= 4 is 23.5 Å². The molecule has 2 aliphatic heterocycles. The molecule has 7 heteroatoms. The zero-order chi connectivity index (χ0) is 18.5. The van der Waals surface area contributed by atoms with Crippen molar-refractivity contribution in [3.63, 3.8) is 0 Å².